The zero-order chi connectivity index (χ0) is 13.5. The van der Waals surface area contributed by atoms with Gasteiger partial charge in [0.25, 0.3) is 0 Å². The first-order chi connectivity index (χ1) is 8.58. The molecule has 5 heteroatoms. The van der Waals surface area contributed by atoms with Crippen LogP contribution in [0.2, 0.25) is 0 Å². The van der Waals surface area contributed by atoms with E-state index in [9.17, 15) is 4.79 Å². The van der Waals surface area contributed by atoms with Crippen LogP contribution in [-0.2, 0) is 4.79 Å². The second kappa shape index (κ2) is 6.86. The number of rotatable bonds is 6. The molecular formula is C13H20N2O3. The highest BCUT2D eigenvalue weighted by molar-refractivity contribution is 5.75. The number of methoxy groups -OCH3 is 1. The average molecular weight is 252 g/mol. The number of nitrogens with two attached hydrogens (primary N) is 1. The number of amides is 1. The predicted molar refractivity (Wildman–Crippen MR) is 69.8 cm³/mol. The number of nitrogens with one attached hydrogen (secondary N) is 1. The van der Waals surface area contributed by atoms with Crippen LogP contribution >= 0.6 is 0 Å². The number of hydrogen-bond acceptors (Lipinski definition) is 4. The van der Waals surface area contributed by atoms with E-state index in [4.69, 9.17) is 15.2 Å². The van der Waals surface area contributed by atoms with Gasteiger partial charge >= 0.3 is 0 Å². The Morgan fingerprint density at radius 1 is 1.44 bits per heavy atom. The third kappa shape index (κ3) is 3.92. The Morgan fingerprint density at radius 3 is 2.72 bits per heavy atom. The molecule has 0 fully saturated rings. The Labute approximate surface area is 107 Å². The second-order valence-corrected chi connectivity index (χ2v) is 3.97. The number of ether oxygens (including phenoxy) is 2. The topological polar surface area (TPSA) is 73.6 Å². The van der Waals surface area contributed by atoms with Crippen molar-refractivity contribution in [3.05, 3.63) is 23.8 Å². The number of carbonyl (C=O) groups is 1. The highest BCUT2D eigenvalue weighted by Gasteiger charge is 2.08. The van der Waals surface area contributed by atoms with Crippen LogP contribution in [0.3, 0.4) is 0 Å². The summed E-state index contributed by atoms with van der Waals surface area (Å²) in [7, 11) is 3.17. The van der Waals surface area contributed by atoms with Crippen molar-refractivity contribution >= 4 is 5.91 Å². The van der Waals surface area contributed by atoms with Crippen LogP contribution in [0, 0.1) is 0 Å². The Morgan fingerprint density at radius 2 is 2.17 bits per heavy atom. The number of carbonyl (C=O) groups excluding carboxylic acids is 1. The smallest absolute Gasteiger partial charge is 0.223 e. The Balaban J connectivity index is 2.68. The van der Waals surface area contributed by atoms with Crippen molar-refractivity contribution in [1.29, 1.82) is 0 Å². The molecule has 0 radical (unpaired) electrons. The number of benzene rings is 1. The van der Waals surface area contributed by atoms with Gasteiger partial charge in [-0.15, -0.1) is 0 Å². The maximum atomic E-state index is 11.1. The van der Waals surface area contributed by atoms with Gasteiger partial charge in [0.1, 0.15) is 0 Å². The molecule has 0 aliphatic carbocycles. The lowest BCUT2D eigenvalue weighted by molar-refractivity contribution is -0.121. The van der Waals surface area contributed by atoms with Gasteiger partial charge in [-0.25, -0.2) is 0 Å². The summed E-state index contributed by atoms with van der Waals surface area (Å²) in [6.45, 7) is 2.22. The number of hydrogen-bond donors (Lipinski definition) is 2. The fraction of sp³-hybridized carbons (Fsp3) is 0.462. The molecule has 0 aromatic heterocycles. The maximum absolute atomic E-state index is 11.1. The molecule has 18 heavy (non-hydrogen) atoms. The van der Waals surface area contributed by atoms with Crippen LogP contribution in [0.4, 0.5) is 0 Å². The van der Waals surface area contributed by atoms with Crippen LogP contribution in [-0.4, -0.2) is 26.7 Å². The molecule has 1 atom stereocenters. The molecule has 5 nitrogen and oxygen atoms in total. The summed E-state index contributed by atoms with van der Waals surface area (Å²) in [5.74, 6) is 1.19. The lowest BCUT2D eigenvalue weighted by atomic mass is 10.1. The van der Waals surface area contributed by atoms with Crippen molar-refractivity contribution in [1.82, 2.24) is 5.32 Å². The Kier molecular flexibility index (Phi) is 5.45. The second-order valence-electron chi connectivity index (χ2n) is 3.97. The summed E-state index contributed by atoms with van der Waals surface area (Å²) < 4.78 is 10.7. The molecule has 0 spiro atoms. The minimum absolute atomic E-state index is 0.0545. The zero-order valence-corrected chi connectivity index (χ0v) is 11.0. The summed E-state index contributed by atoms with van der Waals surface area (Å²) in [6, 6.07) is 5.49. The molecule has 1 aromatic carbocycles. The molecule has 0 bridgehead atoms. The van der Waals surface area contributed by atoms with Gasteiger partial charge in [-0.2, -0.15) is 0 Å². The monoisotopic (exact) mass is 252 g/mol. The summed E-state index contributed by atoms with van der Waals surface area (Å²) >= 11 is 0. The Bertz CT molecular complexity index is 405. The largest absolute Gasteiger partial charge is 0.493 e. The molecule has 1 rings (SSSR count). The van der Waals surface area contributed by atoms with Gasteiger partial charge in [0, 0.05) is 13.1 Å². The highest BCUT2D eigenvalue weighted by atomic mass is 16.5. The molecule has 0 aliphatic rings. The van der Waals surface area contributed by atoms with E-state index in [1.54, 1.807) is 20.2 Å². The molecule has 0 saturated heterocycles. The van der Waals surface area contributed by atoms with Crippen molar-refractivity contribution < 1.29 is 14.3 Å². The summed E-state index contributed by atoms with van der Waals surface area (Å²) in [6.07, 6.45) is 0.314. The van der Waals surface area contributed by atoms with E-state index in [0.29, 0.717) is 24.5 Å². The van der Waals surface area contributed by atoms with E-state index >= 15 is 0 Å². The van der Waals surface area contributed by atoms with E-state index in [1.165, 1.54) is 0 Å². The van der Waals surface area contributed by atoms with E-state index in [1.807, 2.05) is 19.1 Å². The van der Waals surface area contributed by atoms with Crippen molar-refractivity contribution in [3.8, 4) is 11.5 Å². The fourth-order valence-corrected chi connectivity index (χ4v) is 1.47. The fourth-order valence-electron chi connectivity index (χ4n) is 1.47. The molecule has 0 unspecified atom stereocenters. The van der Waals surface area contributed by atoms with E-state index in [2.05, 4.69) is 5.32 Å². The van der Waals surface area contributed by atoms with Gasteiger partial charge in [-0.1, -0.05) is 6.07 Å². The molecule has 3 N–H and O–H groups in total. The minimum Gasteiger partial charge on any atom is -0.493 e. The first kappa shape index (κ1) is 14.3. The van der Waals surface area contributed by atoms with E-state index in [0.717, 1.165) is 5.56 Å². The van der Waals surface area contributed by atoms with Crippen LogP contribution in [0.1, 0.15) is 24.9 Å². The third-order valence-electron chi connectivity index (χ3n) is 2.58. The molecule has 0 saturated carbocycles. The third-order valence-corrected chi connectivity index (χ3v) is 2.58. The van der Waals surface area contributed by atoms with Gasteiger partial charge in [-0.05, 0) is 24.6 Å². The average Bonchev–Trinajstić information content (AvgIpc) is 2.38. The molecule has 1 aromatic rings. The summed E-state index contributed by atoms with van der Waals surface area (Å²) in [4.78, 5) is 11.1. The first-order valence-electron chi connectivity index (χ1n) is 5.85. The van der Waals surface area contributed by atoms with Gasteiger partial charge in [0.15, 0.2) is 11.5 Å². The highest BCUT2D eigenvalue weighted by Crippen LogP contribution is 2.29. The zero-order valence-electron chi connectivity index (χ0n) is 11.0. The van der Waals surface area contributed by atoms with Gasteiger partial charge in [0.05, 0.1) is 20.1 Å². The van der Waals surface area contributed by atoms with Crippen LogP contribution in [0.15, 0.2) is 18.2 Å². The van der Waals surface area contributed by atoms with E-state index in [-0.39, 0.29) is 11.9 Å². The first-order valence-corrected chi connectivity index (χ1v) is 5.85. The molecule has 1 amide bonds. The quantitative estimate of drug-likeness (QED) is 0.798. The molecule has 100 valence electrons. The lowest BCUT2D eigenvalue weighted by Crippen LogP contribution is -2.20. The van der Waals surface area contributed by atoms with Crippen LogP contribution in [0.5, 0.6) is 11.5 Å². The molecular weight excluding hydrogens is 232 g/mol. The van der Waals surface area contributed by atoms with Gasteiger partial charge in [-0.3, -0.25) is 4.79 Å². The molecule has 0 aliphatic heterocycles. The van der Waals surface area contributed by atoms with Gasteiger partial charge in [0.2, 0.25) is 5.91 Å². The Hall–Kier alpha value is -1.75. The summed E-state index contributed by atoms with van der Waals surface area (Å²) in [5, 5.41) is 2.54. The SMILES string of the molecule is CNC(=O)CCOc1ccc([C@@H](C)N)cc1OC. The maximum Gasteiger partial charge on any atom is 0.223 e. The van der Waals surface area contributed by atoms with Crippen molar-refractivity contribution in [3.63, 3.8) is 0 Å². The van der Waals surface area contributed by atoms with Crippen molar-refractivity contribution in [2.75, 3.05) is 20.8 Å². The predicted octanol–water partition coefficient (Wildman–Crippen LogP) is 1.23. The standard InChI is InChI=1S/C13H20N2O3/c1-9(14)10-4-5-11(12(8-10)17-3)18-7-6-13(16)15-2/h4-5,8-9H,6-7,14H2,1-3H3,(H,15,16)/t9-/m1/s1. The lowest BCUT2D eigenvalue weighted by Gasteiger charge is -2.13. The van der Waals surface area contributed by atoms with Gasteiger partial charge < -0.3 is 20.5 Å². The van der Waals surface area contributed by atoms with Crippen molar-refractivity contribution in [2.24, 2.45) is 5.73 Å². The molecule has 0 heterocycles. The van der Waals surface area contributed by atoms with Crippen LogP contribution in [0.25, 0.3) is 0 Å². The van der Waals surface area contributed by atoms with Crippen molar-refractivity contribution in [2.45, 2.75) is 19.4 Å². The summed E-state index contributed by atoms with van der Waals surface area (Å²) in [5.41, 5.74) is 6.77. The van der Waals surface area contributed by atoms with E-state index < -0.39 is 0 Å². The minimum atomic E-state index is -0.0566. The van der Waals surface area contributed by atoms with Crippen LogP contribution < -0.4 is 20.5 Å². The normalized spacial score (nSPS) is 11.8.